The predicted octanol–water partition coefficient (Wildman–Crippen LogP) is 4.45. The van der Waals surface area contributed by atoms with E-state index in [0.29, 0.717) is 34.2 Å². The molecule has 0 aliphatic carbocycles. The van der Waals surface area contributed by atoms with Crippen molar-refractivity contribution in [2.45, 2.75) is 62.2 Å². The summed E-state index contributed by atoms with van der Waals surface area (Å²) in [5, 5.41) is 7.07. The average molecular weight is 560 g/mol. The van der Waals surface area contributed by atoms with Gasteiger partial charge in [-0.1, -0.05) is 11.6 Å². The lowest BCUT2D eigenvalue weighted by molar-refractivity contribution is -0.120. The summed E-state index contributed by atoms with van der Waals surface area (Å²) < 4.78 is 32.8. The van der Waals surface area contributed by atoms with Gasteiger partial charge in [-0.3, -0.25) is 4.79 Å². The predicted molar refractivity (Wildman–Crippen MR) is 139 cm³/mol. The number of esters is 1. The molecule has 0 spiro atoms. The van der Waals surface area contributed by atoms with Gasteiger partial charge >= 0.3 is 5.97 Å². The Balaban J connectivity index is 1.52. The molecular formula is C23H30ClN3O5S3. The van der Waals surface area contributed by atoms with Gasteiger partial charge in [0.05, 0.1) is 17.0 Å². The van der Waals surface area contributed by atoms with E-state index >= 15 is 0 Å². The topological polar surface area (TPSA) is 105 Å². The van der Waals surface area contributed by atoms with Crippen LogP contribution >= 0.6 is 34.3 Å². The first kappa shape index (κ1) is 26.6. The number of sulfonamides is 1. The summed E-state index contributed by atoms with van der Waals surface area (Å²) in [6.07, 6.45) is 1.41. The van der Waals surface area contributed by atoms with Crippen LogP contribution < -0.4 is 10.6 Å². The number of piperidine rings is 1. The van der Waals surface area contributed by atoms with Crippen LogP contribution in [-0.2, 0) is 31.5 Å². The average Bonchev–Trinajstić information content (AvgIpc) is 3.36. The molecule has 0 unspecified atom stereocenters. The number of thiophene rings is 2. The molecule has 2 aliphatic heterocycles. The number of hydrogen-bond donors (Lipinski definition) is 2. The fraction of sp³-hybridized carbons (Fsp3) is 0.565. The standard InChI is InChI=1S/C23H30ClN3O5S3/c1-22(2)12-14-17(21(29)32-5)20(34-18(14)23(3,4)26-22)25-19(28)13-8-10-27(11-9-13)35(30,31)16-7-6-15(24)33-16/h6-7,13,26H,8-12H2,1-5H3,(H,25,28). The molecular weight excluding hydrogens is 530 g/mol. The van der Waals surface area contributed by atoms with E-state index < -0.39 is 16.0 Å². The Labute approximate surface area is 219 Å². The highest BCUT2D eigenvalue weighted by atomic mass is 35.5. The third kappa shape index (κ3) is 5.17. The SMILES string of the molecule is COC(=O)c1c(NC(=O)C2CCN(S(=O)(=O)c3ccc(Cl)s3)CC2)sc2c1CC(C)(C)NC2(C)C. The van der Waals surface area contributed by atoms with Gasteiger partial charge in [-0.2, -0.15) is 4.31 Å². The van der Waals surface area contributed by atoms with Crippen LogP contribution in [0.2, 0.25) is 4.34 Å². The number of rotatable bonds is 5. The second kappa shape index (κ2) is 9.42. The third-order valence-electron chi connectivity index (χ3n) is 6.44. The molecule has 0 atom stereocenters. The number of carbonyl (C=O) groups is 2. The van der Waals surface area contributed by atoms with Crippen LogP contribution in [0.5, 0.6) is 0 Å². The lowest BCUT2D eigenvalue weighted by atomic mass is 9.81. The smallest absolute Gasteiger partial charge is 0.341 e. The van der Waals surface area contributed by atoms with Crippen LogP contribution in [0.4, 0.5) is 5.00 Å². The Morgan fingerprint density at radius 3 is 2.40 bits per heavy atom. The quantitative estimate of drug-likeness (QED) is 0.524. The molecule has 0 aromatic carbocycles. The van der Waals surface area contributed by atoms with Crippen molar-refractivity contribution in [2.75, 3.05) is 25.5 Å². The van der Waals surface area contributed by atoms with E-state index in [4.69, 9.17) is 16.3 Å². The maximum atomic E-state index is 13.2. The van der Waals surface area contributed by atoms with E-state index in [2.05, 4.69) is 38.3 Å². The van der Waals surface area contributed by atoms with Crippen molar-refractivity contribution < 1.29 is 22.7 Å². The van der Waals surface area contributed by atoms with E-state index in [1.54, 1.807) is 6.07 Å². The summed E-state index contributed by atoms with van der Waals surface area (Å²) in [7, 11) is -2.29. The minimum absolute atomic E-state index is 0.205. The number of fused-ring (bicyclic) bond motifs is 1. The molecule has 1 saturated heterocycles. The summed E-state index contributed by atoms with van der Waals surface area (Å²) in [6.45, 7) is 8.78. The molecule has 0 bridgehead atoms. The first-order valence-electron chi connectivity index (χ1n) is 11.4. The third-order valence-corrected chi connectivity index (χ3v) is 11.5. The van der Waals surface area contributed by atoms with Crippen molar-refractivity contribution in [3.8, 4) is 0 Å². The van der Waals surface area contributed by atoms with E-state index in [0.717, 1.165) is 21.8 Å². The molecule has 2 aromatic rings. The van der Waals surface area contributed by atoms with E-state index in [1.165, 1.54) is 28.8 Å². The monoisotopic (exact) mass is 559 g/mol. The van der Waals surface area contributed by atoms with E-state index in [-0.39, 0.29) is 40.2 Å². The number of hydrogen-bond acceptors (Lipinski definition) is 8. The Bertz CT molecular complexity index is 1260. The fourth-order valence-electron chi connectivity index (χ4n) is 5.07. The molecule has 12 heteroatoms. The van der Waals surface area contributed by atoms with Crippen LogP contribution in [0.3, 0.4) is 0 Å². The zero-order valence-electron chi connectivity index (χ0n) is 20.4. The molecule has 2 aromatic heterocycles. The van der Waals surface area contributed by atoms with Crippen molar-refractivity contribution in [2.24, 2.45) is 5.92 Å². The number of anilines is 1. The zero-order valence-corrected chi connectivity index (χ0v) is 23.6. The molecule has 0 saturated carbocycles. The lowest BCUT2D eigenvalue weighted by Gasteiger charge is -2.42. The second-order valence-electron chi connectivity index (χ2n) is 10.1. The fourth-order valence-corrected chi connectivity index (χ4v) is 9.44. The van der Waals surface area contributed by atoms with Crippen LogP contribution in [-0.4, -0.2) is 50.3 Å². The number of methoxy groups -OCH3 is 1. The number of nitrogens with one attached hydrogen (secondary N) is 2. The van der Waals surface area contributed by atoms with Gasteiger partial charge in [0, 0.05) is 35.0 Å². The van der Waals surface area contributed by atoms with Gasteiger partial charge in [0.1, 0.15) is 9.21 Å². The van der Waals surface area contributed by atoms with E-state index in [9.17, 15) is 18.0 Å². The molecule has 4 rings (SSSR count). The van der Waals surface area contributed by atoms with Crippen molar-refractivity contribution in [1.82, 2.24) is 9.62 Å². The van der Waals surface area contributed by atoms with Crippen LogP contribution in [0.1, 0.15) is 61.3 Å². The van der Waals surface area contributed by atoms with Crippen LogP contribution in [0.15, 0.2) is 16.3 Å². The summed E-state index contributed by atoms with van der Waals surface area (Å²) in [5.41, 5.74) is 0.712. The number of carbonyl (C=O) groups excluding carboxylic acids is 2. The van der Waals surface area contributed by atoms with Gasteiger partial charge in [0.2, 0.25) is 5.91 Å². The molecule has 1 fully saturated rings. The first-order chi connectivity index (χ1) is 16.2. The zero-order chi connectivity index (χ0) is 25.8. The normalized spacial score (nSPS) is 20.3. The maximum absolute atomic E-state index is 13.2. The molecule has 0 radical (unpaired) electrons. The van der Waals surface area contributed by atoms with Gasteiger partial charge in [-0.15, -0.1) is 22.7 Å². The number of nitrogens with zero attached hydrogens (tertiary/aromatic N) is 1. The Morgan fingerprint density at radius 2 is 1.83 bits per heavy atom. The summed E-state index contributed by atoms with van der Waals surface area (Å²) in [4.78, 5) is 27.0. The Morgan fingerprint density at radius 1 is 1.17 bits per heavy atom. The van der Waals surface area contributed by atoms with Gasteiger partial charge in [0.15, 0.2) is 0 Å². The van der Waals surface area contributed by atoms with Gasteiger partial charge in [-0.05, 0) is 64.7 Å². The van der Waals surface area contributed by atoms with E-state index in [1.807, 2.05) is 0 Å². The molecule has 2 N–H and O–H groups in total. The van der Waals surface area contributed by atoms with Crippen LogP contribution in [0.25, 0.3) is 0 Å². The van der Waals surface area contributed by atoms with Crippen molar-refractivity contribution in [3.05, 3.63) is 32.5 Å². The van der Waals surface area contributed by atoms with Gasteiger partial charge in [0.25, 0.3) is 10.0 Å². The largest absolute Gasteiger partial charge is 0.465 e. The molecule has 192 valence electrons. The van der Waals surface area contributed by atoms with Crippen molar-refractivity contribution in [3.63, 3.8) is 0 Å². The molecule has 1 amide bonds. The maximum Gasteiger partial charge on any atom is 0.341 e. The molecule has 4 heterocycles. The minimum Gasteiger partial charge on any atom is -0.465 e. The molecule has 35 heavy (non-hydrogen) atoms. The van der Waals surface area contributed by atoms with Crippen molar-refractivity contribution in [1.29, 1.82) is 0 Å². The summed E-state index contributed by atoms with van der Waals surface area (Å²) in [6, 6.07) is 3.07. The summed E-state index contributed by atoms with van der Waals surface area (Å²) in [5.74, 6) is -1.04. The molecule has 2 aliphatic rings. The minimum atomic E-state index is -3.63. The second-order valence-corrected chi connectivity index (χ2v) is 15.0. The molecule has 8 nitrogen and oxygen atoms in total. The highest BCUT2D eigenvalue weighted by Crippen LogP contribution is 2.45. The number of amides is 1. The highest BCUT2D eigenvalue weighted by molar-refractivity contribution is 7.91. The van der Waals surface area contributed by atoms with Gasteiger partial charge < -0.3 is 15.4 Å². The Kier molecular flexibility index (Phi) is 7.15. The van der Waals surface area contributed by atoms with Crippen LogP contribution in [0, 0.1) is 5.92 Å². The first-order valence-corrected chi connectivity index (χ1v) is 14.8. The highest BCUT2D eigenvalue weighted by Gasteiger charge is 2.42. The number of ether oxygens (including phenoxy) is 1. The van der Waals surface area contributed by atoms with Crippen molar-refractivity contribution >= 4 is 61.2 Å². The summed E-state index contributed by atoms with van der Waals surface area (Å²) >= 11 is 8.33. The Hall–Kier alpha value is -1.50. The van der Waals surface area contributed by atoms with Gasteiger partial charge in [-0.25, -0.2) is 13.2 Å². The lowest BCUT2D eigenvalue weighted by Crippen LogP contribution is -2.55. The number of halogens is 1.